The molecular weight excluding hydrogens is 260 g/mol. The highest BCUT2D eigenvalue weighted by molar-refractivity contribution is 5.89. The molecule has 0 rings (SSSR count). The number of rotatable bonds is 10. The number of carbonyl (C=O) groups is 2. The van der Waals surface area contributed by atoms with Crippen LogP contribution in [-0.4, -0.2) is 46.3 Å². The van der Waals surface area contributed by atoms with Crippen LogP contribution in [0.1, 0.15) is 53.4 Å². The molecule has 0 aromatic heterocycles. The van der Waals surface area contributed by atoms with E-state index in [-0.39, 0.29) is 0 Å². The Hall–Kier alpha value is -1.14. The van der Waals surface area contributed by atoms with Crippen LogP contribution in [-0.2, 0) is 9.59 Å². The monoisotopic (exact) mass is 288 g/mol. The van der Waals surface area contributed by atoms with Crippen molar-refractivity contribution in [2.24, 2.45) is 0 Å². The molecule has 1 amide bonds. The molecule has 6 nitrogen and oxygen atoms in total. The van der Waals surface area contributed by atoms with Crippen molar-refractivity contribution in [3.05, 3.63) is 0 Å². The highest BCUT2D eigenvalue weighted by Gasteiger charge is 2.33. The highest BCUT2D eigenvalue weighted by Crippen LogP contribution is 2.05. The van der Waals surface area contributed by atoms with Gasteiger partial charge in [-0.1, -0.05) is 26.2 Å². The van der Waals surface area contributed by atoms with E-state index in [0.717, 1.165) is 25.7 Å². The molecule has 0 radical (unpaired) electrons. The molecule has 0 aliphatic carbocycles. The van der Waals surface area contributed by atoms with Crippen molar-refractivity contribution in [2.45, 2.75) is 71.1 Å². The van der Waals surface area contributed by atoms with Crippen molar-refractivity contribution >= 4 is 11.9 Å². The molecule has 0 fully saturated rings. The second kappa shape index (κ2) is 8.92. The molecular formula is C14H28N2O4. The first-order valence-corrected chi connectivity index (χ1v) is 7.19. The van der Waals surface area contributed by atoms with Gasteiger partial charge in [-0.15, -0.1) is 0 Å². The molecule has 0 unspecified atom stereocenters. The average Bonchev–Trinajstić information content (AvgIpc) is 2.32. The highest BCUT2D eigenvalue weighted by atomic mass is 16.4. The molecule has 0 aliphatic heterocycles. The summed E-state index contributed by atoms with van der Waals surface area (Å²) in [6.07, 6.45) is 3.38. The van der Waals surface area contributed by atoms with Gasteiger partial charge in [-0.2, -0.15) is 0 Å². The fourth-order valence-electron chi connectivity index (χ4n) is 1.73. The first-order chi connectivity index (χ1) is 9.22. The van der Waals surface area contributed by atoms with E-state index in [1.54, 1.807) is 0 Å². The van der Waals surface area contributed by atoms with Gasteiger partial charge >= 0.3 is 5.97 Å². The van der Waals surface area contributed by atoms with E-state index >= 15 is 0 Å². The number of aliphatic hydroxyl groups excluding tert-OH is 1. The quantitative estimate of drug-likeness (QED) is 0.447. The first kappa shape index (κ1) is 18.9. The van der Waals surface area contributed by atoms with Crippen LogP contribution < -0.4 is 10.6 Å². The smallest absolute Gasteiger partial charge is 0.328 e. The lowest BCUT2D eigenvalue weighted by Gasteiger charge is -2.27. The van der Waals surface area contributed by atoms with Crippen LogP contribution >= 0.6 is 0 Å². The summed E-state index contributed by atoms with van der Waals surface area (Å²) in [5.41, 5.74) is -1.35. The second-order valence-corrected chi connectivity index (χ2v) is 5.65. The molecule has 4 N–H and O–H groups in total. The van der Waals surface area contributed by atoms with E-state index in [4.69, 9.17) is 5.11 Å². The summed E-state index contributed by atoms with van der Waals surface area (Å²) < 4.78 is 0. The third kappa shape index (κ3) is 6.86. The Bertz CT molecular complexity index is 316. The second-order valence-electron chi connectivity index (χ2n) is 5.65. The van der Waals surface area contributed by atoms with Crippen molar-refractivity contribution in [2.75, 3.05) is 6.54 Å². The summed E-state index contributed by atoms with van der Waals surface area (Å²) in [6, 6.07) is -0.796. The van der Waals surface area contributed by atoms with Crippen LogP contribution in [0.4, 0.5) is 0 Å². The maximum atomic E-state index is 12.0. The van der Waals surface area contributed by atoms with Gasteiger partial charge in [-0.3, -0.25) is 4.79 Å². The van der Waals surface area contributed by atoms with Crippen LogP contribution in [0.15, 0.2) is 0 Å². The maximum Gasteiger partial charge on any atom is 0.328 e. The minimum Gasteiger partial charge on any atom is -0.480 e. The van der Waals surface area contributed by atoms with Gasteiger partial charge < -0.3 is 20.8 Å². The van der Waals surface area contributed by atoms with Crippen molar-refractivity contribution in [3.63, 3.8) is 0 Å². The number of aliphatic hydroxyl groups is 1. The summed E-state index contributed by atoms with van der Waals surface area (Å²) in [6.45, 7) is 7.07. The van der Waals surface area contributed by atoms with Gasteiger partial charge in [0.15, 0.2) is 0 Å². The van der Waals surface area contributed by atoms with Gasteiger partial charge in [0.25, 0.3) is 0 Å². The molecule has 118 valence electrons. The van der Waals surface area contributed by atoms with Crippen LogP contribution in [0.3, 0.4) is 0 Å². The van der Waals surface area contributed by atoms with Crippen molar-refractivity contribution < 1.29 is 19.8 Å². The molecule has 0 aromatic rings. The number of amides is 1. The molecule has 0 aromatic carbocycles. The number of unbranched alkanes of at least 4 members (excludes halogenated alkanes) is 3. The normalized spacial score (nSPS) is 14.7. The predicted octanol–water partition coefficient (Wildman–Crippen LogP) is 0.885. The summed E-state index contributed by atoms with van der Waals surface area (Å²) in [5, 5.41) is 24.0. The molecule has 0 heterocycles. The van der Waals surface area contributed by atoms with Crippen molar-refractivity contribution in [3.8, 4) is 0 Å². The SMILES string of the molecule is CCCCCCN[C@H](C(=O)NC(C)(C)C(=O)O)[C@@H](C)O. The lowest BCUT2D eigenvalue weighted by molar-refractivity contribution is -0.146. The molecule has 20 heavy (non-hydrogen) atoms. The summed E-state index contributed by atoms with van der Waals surface area (Å²) in [4.78, 5) is 23.0. The summed E-state index contributed by atoms with van der Waals surface area (Å²) in [5.74, 6) is -1.61. The number of carboxylic acids is 1. The number of hydrogen-bond donors (Lipinski definition) is 4. The Morgan fingerprint density at radius 3 is 2.25 bits per heavy atom. The van der Waals surface area contributed by atoms with E-state index in [9.17, 15) is 14.7 Å². The Balaban J connectivity index is 4.37. The number of hydrogen-bond acceptors (Lipinski definition) is 4. The van der Waals surface area contributed by atoms with Gasteiger partial charge in [0.05, 0.1) is 6.10 Å². The van der Waals surface area contributed by atoms with Gasteiger partial charge in [-0.05, 0) is 33.7 Å². The molecule has 2 atom stereocenters. The Morgan fingerprint density at radius 1 is 1.20 bits per heavy atom. The van der Waals surface area contributed by atoms with E-state index in [0.29, 0.717) is 6.54 Å². The van der Waals surface area contributed by atoms with Crippen LogP contribution in [0.25, 0.3) is 0 Å². The first-order valence-electron chi connectivity index (χ1n) is 7.19. The van der Waals surface area contributed by atoms with Crippen molar-refractivity contribution in [1.82, 2.24) is 10.6 Å². The van der Waals surface area contributed by atoms with Gasteiger partial charge in [0.1, 0.15) is 11.6 Å². The lowest BCUT2D eigenvalue weighted by Crippen LogP contribution is -2.58. The van der Waals surface area contributed by atoms with Gasteiger partial charge in [0, 0.05) is 0 Å². The topological polar surface area (TPSA) is 98.7 Å². The van der Waals surface area contributed by atoms with E-state index < -0.39 is 29.6 Å². The average molecular weight is 288 g/mol. The zero-order valence-electron chi connectivity index (χ0n) is 12.9. The van der Waals surface area contributed by atoms with Gasteiger partial charge in [-0.25, -0.2) is 4.79 Å². The van der Waals surface area contributed by atoms with Crippen LogP contribution in [0, 0.1) is 0 Å². The number of carbonyl (C=O) groups excluding carboxylic acids is 1. The minimum atomic E-state index is -1.35. The molecule has 6 heteroatoms. The molecule has 0 aliphatic rings. The van der Waals surface area contributed by atoms with E-state index in [1.807, 2.05) is 0 Å². The number of carboxylic acid groups (broad SMARTS) is 1. The minimum absolute atomic E-state index is 0.497. The Kier molecular flexibility index (Phi) is 8.41. The fraction of sp³-hybridized carbons (Fsp3) is 0.857. The molecule has 0 saturated carbocycles. The summed E-state index contributed by atoms with van der Waals surface area (Å²) >= 11 is 0. The molecule has 0 spiro atoms. The Labute approximate surface area is 120 Å². The molecule has 0 saturated heterocycles. The third-order valence-corrected chi connectivity index (χ3v) is 3.13. The predicted molar refractivity (Wildman–Crippen MR) is 77.5 cm³/mol. The van der Waals surface area contributed by atoms with Gasteiger partial charge in [0.2, 0.25) is 5.91 Å². The lowest BCUT2D eigenvalue weighted by atomic mass is 10.0. The van der Waals surface area contributed by atoms with Crippen LogP contribution in [0.5, 0.6) is 0 Å². The zero-order chi connectivity index (χ0) is 15.8. The maximum absolute atomic E-state index is 12.0. The number of nitrogens with one attached hydrogen (secondary N) is 2. The zero-order valence-corrected chi connectivity index (χ0v) is 12.9. The molecule has 0 bridgehead atoms. The summed E-state index contributed by atoms with van der Waals surface area (Å²) in [7, 11) is 0. The standard InChI is InChI=1S/C14H28N2O4/c1-5-6-7-8-9-15-11(10(2)17)12(18)16-14(3,4)13(19)20/h10-11,15,17H,5-9H2,1-4H3,(H,16,18)(H,19,20)/t10-,11+/m1/s1. The third-order valence-electron chi connectivity index (χ3n) is 3.13. The largest absolute Gasteiger partial charge is 0.480 e. The van der Waals surface area contributed by atoms with E-state index in [1.165, 1.54) is 20.8 Å². The number of aliphatic carboxylic acids is 1. The Morgan fingerprint density at radius 2 is 1.80 bits per heavy atom. The van der Waals surface area contributed by atoms with Crippen LogP contribution in [0.2, 0.25) is 0 Å². The van der Waals surface area contributed by atoms with E-state index in [2.05, 4.69) is 17.6 Å². The fourth-order valence-corrected chi connectivity index (χ4v) is 1.73. The van der Waals surface area contributed by atoms with Crippen molar-refractivity contribution in [1.29, 1.82) is 0 Å².